The Bertz CT molecular complexity index is 874. The van der Waals surface area contributed by atoms with Crippen LogP contribution in [0.3, 0.4) is 0 Å². The Kier molecular flexibility index (Phi) is 10.1. The summed E-state index contributed by atoms with van der Waals surface area (Å²) in [6, 6.07) is 14.5. The Morgan fingerprint density at radius 1 is 0.706 bits per heavy atom. The van der Waals surface area contributed by atoms with E-state index in [0.29, 0.717) is 0 Å². The molecule has 2 aromatic carbocycles. The van der Waals surface area contributed by atoms with Gasteiger partial charge in [-0.25, -0.2) is 0 Å². The molecule has 2 saturated carbocycles. The van der Waals surface area contributed by atoms with Gasteiger partial charge in [0.1, 0.15) is 0 Å². The van der Waals surface area contributed by atoms with Gasteiger partial charge in [0.05, 0.1) is 0 Å². The van der Waals surface area contributed by atoms with Crippen LogP contribution in [0.1, 0.15) is 127 Å². The zero-order valence-electron chi connectivity index (χ0n) is 22.2. The number of allylic oxidation sites excluding steroid dienone is 2. The molecule has 0 heteroatoms. The van der Waals surface area contributed by atoms with Crippen molar-refractivity contribution in [3.63, 3.8) is 0 Å². The lowest BCUT2D eigenvalue weighted by Crippen LogP contribution is -2.17. The zero-order valence-corrected chi connectivity index (χ0v) is 22.2. The fourth-order valence-electron chi connectivity index (χ4n) is 6.68. The number of rotatable bonds is 11. The van der Waals surface area contributed by atoms with E-state index in [-0.39, 0.29) is 0 Å². The highest BCUT2D eigenvalue weighted by Crippen LogP contribution is 2.40. The van der Waals surface area contributed by atoms with Gasteiger partial charge in [-0.15, -0.1) is 0 Å². The predicted molar refractivity (Wildman–Crippen MR) is 151 cm³/mol. The van der Waals surface area contributed by atoms with Crippen molar-refractivity contribution < 1.29 is 0 Å². The van der Waals surface area contributed by atoms with Crippen LogP contribution in [0.15, 0.2) is 48.6 Å². The van der Waals surface area contributed by atoms with E-state index >= 15 is 0 Å². The van der Waals surface area contributed by atoms with Crippen molar-refractivity contribution in [2.24, 2.45) is 17.8 Å². The molecule has 0 saturated heterocycles. The monoisotopic (exact) mass is 458 g/mol. The summed E-state index contributed by atoms with van der Waals surface area (Å²) in [5.74, 6) is 3.67. The van der Waals surface area contributed by atoms with Gasteiger partial charge in [0.15, 0.2) is 0 Å². The number of fused-ring (bicyclic) bond motifs is 1. The lowest BCUT2D eigenvalue weighted by Gasteiger charge is -2.31. The molecule has 2 aromatic rings. The molecule has 0 heterocycles. The van der Waals surface area contributed by atoms with Crippen molar-refractivity contribution in [2.75, 3.05) is 0 Å². The highest BCUT2D eigenvalue weighted by atomic mass is 14.3. The van der Waals surface area contributed by atoms with E-state index < -0.39 is 0 Å². The summed E-state index contributed by atoms with van der Waals surface area (Å²) < 4.78 is 0. The third kappa shape index (κ3) is 7.47. The van der Waals surface area contributed by atoms with Gasteiger partial charge in [0.2, 0.25) is 0 Å². The second kappa shape index (κ2) is 13.5. The van der Waals surface area contributed by atoms with Gasteiger partial charge >= 0.3 is 0 Å². The highest BCUT2D eigenvalue weighted by Gasteiger charge is 2.25. The number of hydrogen-bond acceptors (Lipinski definition) is 0. The van der Waals surface area contributed by atoms with E-state index in [1.807, 2.05) is 0 Å². The van der Waals surface area contributed by atoms with Crippen LogP contribution in [0.4, 0.5) is 0 Å². The normalized spacial score (nSPS) is 25.8. The predicted octanol–water partition coefficient (Wildman–Crippen LogP) is 10.8. The number of aryl methyl sites for hydroxylation is 1. The van der Waals surface area contributed by atoms with Gasteiger partial charge in [0.25, 0.3) is 0 Å². The van der Waals surface area contributed by atoms with Crippen LogP contribution in [0.5, 0.6) is 0 Å². The molecule has 2 aliphatic carbocycles. The first-order valence-corrected chi connectivity index (χ1v) is 14.9. The minimum absolute atomic E-state index is 0.787. The van der Waals surface area contributed by atoms with Gasteiger partial charge in [-0.05, 0) is 116 Å². The molecule has 0 bridgehead atoms. The van der Waals surface area contributed by atoms with E-state index in [2.05, 4.69) is 62.4 Å². The molecule has 0 nitrogen and oxygen atoms in total. The van der Waals surface area contributed by atoms with E-state index in [1.165, 1.54) is 119 Å². The second-order valence-corrected chi connectivity index (χ2v) is 11.7. The first-order chi connectivity index (χ1) is 16.7. The van der Waals surface area contributed by atoms with Crippen molar-refractivity contribution in [3.05, 3.63) is 59.7 Å². The molecular formula is C34H50. The maximum absolute atomic E-state index is 2.53. The first kappa shape index (κ1) is 25.5. The maximum Gasteiger partial charge on any atom is -0.0162 e. The smallest absolute Gasteiger partial charge is 0.0162 e. The van der Waals surface area contributed by atoms with Gasteiger partial charge < -0.3 is 0 Å². The molecule has 0 aliphatic heterocycles. The first-order valence-electron chi connectivity index (χ1n) is 14.9. The fourth-order valence-corrected chi connectivity index (χ4v) is 6.68. The molecule has 0 radical (unpaired) electrons. The van der Waals surface area contributed by atoms with Gasteiger partial charge in [0, 0.05) is 0 Å². The van der Waals surface area contributed by atoms with E-state index in [9.17, 15) is 0 Å². The SMILES string of the molecule is CCC/C=C/C1CCC(CCC2CCC(c3ccc4cc(CCCCC)ccc4c3)CC2)CC1. The zero-order chi connectivity index (χ0) is 23.6. The lowest BCUT2D eigenvalue weighted by atomic mass is 9.74. The third-order valence-electron chi connectivity index (χ3n) is 9.05. The molecule has 0 aromatic heterocycles. The summed E-state index contributed by atoms with van der Waals surface area (Å²) in [7, 11) is 0. The van der Waals surface area contributed by atoms with Crippen LogP contribution >= 0.6 is 0 Å². The van der Waals surface area contributed by atoms with Gasteiger partial charge in [-0.3, -0.25) is 0 Å². The van der Waals surface area contributed by atoms with Crippen molar-refractivity contribution in [2.45, 2.75) is 122 Å². The molecule has 34 heavy (non-hydrogen) atoms. The van der Waals surface area contributed by atoms with E-state index in [1.54, 1.807) is 5.56 Å². The minimum atomic E-state index is 0.787. The largest absolute Gasteiger partial charge is 0.0883 e. The molecule has 2 aliphatic rings. The maximum atomic E-state index is 2.53. The van der Waals surface area contributed by atoms with Crippen molar-refractivity contribution >= 4 is 10.8 Å². The quantitative estimate of drug-likeness (QED) is 0.232. The summed E-state index contributed by atoms with van der Waals surface area (Å²) >= 11 is 0. The number of unbranched alkanes of at least 4 members (excludes halogenated alkanes) is 3. The number of benzene rings is 2. The molecule has 0 N–H and O–H groups in total. The molecule has 4 rings (SSSR count). The fraction of sp³-hybridized carbons (Fsp3) is 0.647. The van der Waals surface area contributed by atoms with Crippen LogP contribution in [0.2, 0.25) is 0 Å². The van der Waals surface area contributed by atoms with Gasteiger partial charge in [-0.2, -0.15) is 0 Å². The second-order valence-electron chi connectivity index (χ2n) is 11.7. The highest BCUT2D eigenvalue weighted by molar-refractivity contribution is 5.84. The summed E-state index contributed by atoms with van der Waals surface area (Å²) in [4.78, 5) is 0. The molecule has 0 atom stereocenters. The Balaban J connectivity index is 1.19. The standard InChI is InChI=1S/C34H50/c1-3-5-7-9-27-11-13-28(14-12-27)15-16-29-17-20-31(21-18-29)33-24-23-32-25-30(10-8-6-4-2)19-22-34(32)26-33/h7,9,19,22-29,31H,3-6,8,10-18,20-21H2,1-2H3/b9-7+. The molecular weight excluding hydrogens is 408 g/mol. The van der Waals surface area contributed by atoms with Crippen molar-refractivity contribution in [1.82, 2.24) is 0 Å². The molecule has 0 unspecified atom stereocenters. The summed E-state index contributed by atoms with van der Waals surface area (Å²) in [5, 5.41) is 2.88. The molecule has 2 fully saturated rings. The summed E-state index contributed by atoms with van der Waals surface area (Å²) in [5.41, 5.74) is 3.11. The Hall–Kier alpha value is -1.56. The lowest BCUT2D eigenvalue weighted by molar-refractivity contribution is 0.246. The van der Waals surface area contributed by atoms with Crippen LogP contribution in [0.25, 0.3) is 10.8 Å². The molecule has 186 valence electrons. The Morgan fingerprint density at radius 2 is 1.38 bits per heavy atom. The molecule has 0 amide bonds. The average molecular weight is 459 g/mol. The number of hydrogen-bond donors (Lipinski definition) is 0. The average Bonchev–Trinajstić information content (AvgIpc) is 2.88. The Labute approximate surface area is 210 Å². The summed E-state index contributed by atoms with van der Waals surface area (Å²) in [6.07, 6.45) is 27.3. The van der Waals surface area contributed by atoms with Crippen LogP contribution in [-0.2, 0) is 6.42 Å². The molecule has 0 spiro atoms. The minimum Gasteiger partial charge on any atom is -0.0883 e. The Morgan fingerprint density at radius 3 is 2.09 bits per heavy atom. The third-order valence-corrected chi connectivity index (χ3v) is 9.05. The summed E-state index contributed by atoms with van der Waals surface area (Å²) in [6.45, 7) is 4.56. The van der Waals surface area contributed by atoms with Gasteiger partial charge in [-0.1, -0.05) is 94.5 Å². The van der Waals surface area contributed by atoms with Crippen LogP contribution < -0.4 is 0 Å². The van der Waals surface area contributed by atoms with Crippen molar-refractivity contribution in [1.29, 1.82) is 0 Å². The van der Waals surface area contributed by atoms with E-state index in [4.69, 9.17) is 0 Å². The topological polar surface area (TPSA) is 0 Å². The van der Waals surface area contributed by atoms with Crippen LogP contribution in [-0.4, -0.2) is 0 Å². The van der Waals surface area contributed by atoms with Crippen LogP contribution in [0, 0.1) is 17.8 Å². The van der Waals surface area contributed by atoms with E-state index in [0.717, 1.165) is 23.7 Å². The van der Waals surface area contributed by atoms with Crippen molar-refractivity contribution in [3.8, 4) is 0 Å².